The number of aliphatic hydroxyl groups is 1. The lowest BCUT2D eigenvalue weighted by molar-refractivity contribution is -0.162. The van der Waals surface area contributed by atoms with E-state index in [4.69, 9.17) is 0 Å². The van der Waals surface area contributed by atoms with E-state index in [-0.39, 0.29) is 30.8 Å². The van der Waals surface area contributed by atoms with Crippen LogP contribution in [0, 0.1) is 6.92 Å². The molecule has 0 unspecified atom stereocenters. The van der Waals surface area contributed by atoms with Gasteiger partial charge in [0, 0.05) is 31.6 Å². The number of hydrogen-bond donors (Lipinski definition) is 1. The van der Waals surface area contributed by atoms with Crippen LogP contribution >= 0.6 is 0 Å². The van der Waals surface area contributed by atoms with Gasteiger partial charge >= 0.3 is 0 Å². The van der Waals surface area contributed by atoms with Crippen molar-refractivity contribution < 1.29 is 19.5 Å². The fourth-order valence-electron chi connectivity index (χ4n) is 4.08. The maximum absolute atomic E-state index is 12.8. The van der Waals surface area contributed by atoms with Crippen molar-refractivity contribution in [3.05, 3.63) is 35.4 Å². The molecular formula is C18H21N3O4. The molecule has 0 bridgehead atoms. The van der Waals surface area contributed by atoms with E-state index in [1.165, 1.54) is 4.90 Å². The van der Waals surface area contributed by atoms with Gasteiger partial charge in [0.25, 0.3) is 5.91 Å². The van der Waals surface area contributed by atoms with Crippen molar-refractivity contribution in [1.82, 2.24) is 14.7 Å². The predicted molar refractivity (Wildman–Crippen MR) is 88.7 cm³/mol. The van der Waals surface area contributed by atoms with Crippen LogP contribution in [0.4, 0.5) is 0 Å². The van der Waals surface area contributed by atoms with Gasteiger partial charge < -0.3 is 19.8 Å². The predicted octanol–water partition coefficient (Wildman–Crippen LogP) is -0.377. The molecule has 3 amide bonds. The maximum Gasteiger partial charge on any atom is 0.254 e. The summed E-state index contributed by atoms with van der Waals surface area (Å²) in [5, 5.41) is 9.81. The summed E-state index contributed by atoms with van der Waals surface area (Å²) in [5.74, 6) is -0.390. The van der Waals surface area contributed by atoms with Gasteiger partial charge in [-0.15, -0.1) is 0 Å². The molecule has 3 saturated heterocycles. The number of aryl methyl sites for hydroxylation is 1. The van der Waals surface area contributed by atoms with Crippen LogP contribution in [0.25, 0.3) is 0 Å². The van der Waals surface area contributed by atoms with E-state index >= 15 is 0 Å². The van der Waals surface area contributed by atoms with Gasteiger partial charge in [-0.1, -0.05) is 17.7 Å². The van der Waals surface area contributed by atoms with E-state index in [1.807, 2.05) is 25.1 Å². The number of benzene rings is 1. The fourth-order valence-corrected chi connectivity index (χ4v) is 4.08. The van der Waals surface area contributed by atoms with E-state index < -0.39 is 18.2 Å². The normalized spacial score (nSPS) is 28.9. The highest BCUT2D eigenvalue weighted by molar-refractivity contribution is 5.99. The average molecular weight is 343 g/mol. The lowest BCUT2D eigenvalue weighted by Crippen LogP contribution is -2.69. The van der Waals surface area contributed by atoms with Crippen LogP contribution in [0.2, 0.25) is 0 Å². The number of rotatable bonds is 1. The second-order valence-corrected chi connectivity index (χ2v) is 7.06. The largest absolute Gasteiger partial charge is 0.391 e. The smallest absolute Gasteiger partial charge is 0.254 e. The van der Waals surface area contributed by atoms with Crippen LogP contribution in [0.3, 0.4) is 0 Å². The molecule has 0 aliphatic carbocycles. The zero-order valence-corrected chi connectivity index (χ0v) is 14.1. The number of piperazine rings is 2. The summed E-state index contributed by atoms with van der Waals surface area (Å²) in [6, 6.07) is 6.17. The Hall–Kier alpha value is -2.41. The van der Waals surface area contributed by atoms with Gasteiger partial charge in [0.05, 0.1) is 12.6 Å². The molecule has 3 aliphatic rings. The van der Waals surface area contributed by atoms with Crippen LogP contribution in [0.1, 0.15) is 22.3 Å². The van der Waals surface area contributed by atoms with Gasteiger partial charge in [-0.25, -0.2) is 0 Å². The average Bonchev–Trinajstić information content (AvgIpc) is 3.01. The highest BCUT2D eigenvalue weighted by Gasteiger charge is 2.51. The Morgan fingerprint density at radius 2 is 1.84 bits per heavy atom. The first kappa shape index (κ1) is 16.1. The van der Waals surface area contributed by atoms with Crippen molar-refractivity contribution in [3.8, 4) is 0 Å². The molecule has 1 N–H and O–H groups in total. The van der Waals surface area contributed by atoms with Gasteiger partial charge in [-0.05, 0) is 19.1 Å². The zero-order valence-electron chi connectivity index (χ0n) is 14.1. The van der Waals surface area contributed by atoms with E-state index in [9.17, 15) is 19.5 Å². The molecule has 3 atom stereocenters. The molecule has 1 aromatic rings. The topological polar surface area (TPSA) is 81.2 Å². The van der Waals surface area contributed by atoms with Gasteiger partial charge in [0.15, 0.2) is 0 Å². The van der Waals surface area contributed by atoms with Crippen molar-refractivity contribution in [1.29, 1.82) is 0 Å². The summed E-state index contributed by atoms with van der Waals surface area (Å²) in [6.45, 7) is 3.10. The van der Waals surface area contributed by atoms with Crippen molar-refractivity contribution in [3.63, 3.8) is 0 Å². The highest BCUT2D eigenvalue weighted by atomic mass is 16.3. The number of carbonyl (C=O) groups is 3. The molecule has 3 heterocycles. The molecule has 0 saturated carbocycles. The summed E-state index contributed by atoms with van der Waals surface area (Å²) < 4.78 is 0. The third kappa shape index (κ3) is 2.59. The lowest BCUT2D eigenvalue weighted by Gasteiger charge is -2.47. The number of aliphatic hydroxyl groups excluding tert-OH is 1. The second kappa shape index (κ2) is 5.84. The zero-order chi connectivity index (χ0) is 17.7. The molecule has 3 fully saturated rings. The number of fused-ring (bicyclic) bond motifs is 2. The van der Waals surface area contributed by atoms with Gasteiger partial charge in [0.2, 0.25) is 11.8 Å². The van der Waals surface area contributed by atoms with Crippen molar-refractivity contribution >= 4 is 17.7 Å². The lowest BCUT2D eigenvalue weighted by atomic mass is 10.0. The van der Waals surface area contributed by atoms with Crippen molar-refractivity contribution in [2.45, 2.75) is 31.5 Å². The molecule has 7 nitrogen and oxygen atoms in total. The Morgan fingerprint density at radius 1 is 1.08 bits per heavy atom. The SMILES string of the molecule is Cc1cccc(C(=O)N2CCN3C(=O)[C@@H]4C[C@@H](O)CN4C(=O)[C@H]3C2)c1. The third-order valence-electron chi connectivity index (χ3n) is 5.35. The summed E-state index contributed by atoms with van der Waals surface area (Å²) in [6.07, 6.45) is -0.344. The quantitative estimate of drug-likeness (QED) is 0.754. The van der Waals surface area contributed by atoms with Crippen molar-refractivity contribution in [2.24, 2.45) is 0 Å². The Bertz CT molecular complexity index is 750. The van der Waals surface area contributed by atoms with Crippen LogP contribution in [-0.4, -0.2) is 81.9 Å². The van der Waals surface area contributed by atoms with E-state index in [1.54, 1.807) is 15.9 Å². The van der Waals surface area contributed by atoms with Crippen LogP contribution < -0.4 is 0 Å². The molecule has 4 rings (SSSR count). The minimum atomic E-state index is -0.649. The fraction of sp³-hybridized carbons (Fsp3) is 0.500. The van der Waals surface area contributed by atoms with E-state index in [0.29, 0.717) is 25.1 Å². The number of carbonyl (C=O) groups excluding carboxylic acids is 3. The summed E-state index contributed by atoms with van der Waals surface area (Å²) >= 11 is 0. The summed E-state index contributed by atoms with van der Waals surface area (Å²) in [4.78, 5) is 42.9. The Morgan fingerprint density at radius 3 is 2.60 bits per heavy atom. The third-order valence-corrected chi connectivity index (χ3v) is 5.35. The van der Waals surface area contributed by atoms with Gasteiger partial charge in [0.1, 0.15) is 12.1 Å². The van der Waals surface area contributed by atoms with Gasteiger partial charge in [-0.2, -0.15) is 0 Å². The molecule has 0 radical (unpaired) electrons. The number of amides is 3. The standard InChI is InChI=1S/C18H21N3O4/c1-11-3-2-4-12(7-11)16(23)19-5-6-20-15(10-19)18(25)21-9-13(22)8-14(21)17(20)24/h2-4,7,13-15,22H,5-6,8-10H2,1H3/t13-,14+,15-/m1/s1. The molecule has 3 aliphatic heterocycles. The van der Waals surface area contributed by atoms with E-state index in [0.717, 1.165) is 5.56 Å². The first-order valence-electron chi connectivity index (χ1n) is 8.60. The highest BCUT2D eigenvalue weighted by Crippen LogP contribution is 2.29. The molecule has 0 spiro atoms. The molecule has 132 valence electrons. The minimum Gasteiger partial charge on any atom is -0.391 e. The Balaban J connectivity index is 1.55. The Kier molecular flexibility index (Phi) is 3.76. The molecule has 7 heteroatoms. The van der Waals surface area contributed by atoms with Crippen LogP contribution in [0.5, 0.6) is 0 Å². The Labute approximate surface area is 145 Å². The summed E-state index contributed by atoms with van der Waals surface area (Å²) in [7, 11) is 0. The van der Waals surface area contributed by atoms with Crippen molar-refractivity contribution in [2.75, 3.05) is 26.2 Å². The maximum atomic E-state index is 12.8. The van der Waals surface area contributed by atoms with Crippen LogP contribution in [-0.2, 0) is 9.59 Å². The second-order valence-electron chi connectivity index (χ2n) is 7.06. The monoisotopic (exact) mass is 343 g/mol. The van der Waals surface area contributed by atoms with Gasteiger partial charge in [-0.3, -0.25) is 14.4 Å². The molecular weight excluding hydrogens is 322 g/mol. The molecule has 25 heavy (non-hydrogen) atoms. The first-order chi connectivity index (χ1) is 12.0. The van der Waals surface area contributed by atoms with E-state index in [2.05, 4.69) is 0 Å². The molecule has 0 aromatic heterocycles. The number of nitrogens with zero attached hydrogens (tertiary/aromatic N) is 3. The first-order valence-corrected chi connectivity index (χ1v) is 8.60. The van der Waals surface area contributed by atoms with Crippen LogP contribution in [0.15, 0.2) is 24.3 Å². The summed E-state index contributed by atoms with van der Waals surface area (Å²) in [5.41, 5.74) is 1.60. The number of hydrogen-bond acceptors (Lipinski definition) is 4. The minimum absolute atomic E-state index is 0.108. The molecule has 1 aromatic carbocycles.